The number of hydrogen-bond donors (Lipinski definition) is 2. The van der Waals surface area contributed by atoms with E-state index in [0.29, 0.717) is 12.2 Å². The molecule has 2 N–H and O–H groups in total. The minimum absolute atomic E-state index is 0. The smallest absolute Gasteiger partial charge is 0.231 e. The standard InChI is InChI=1S/C20H31N3O3.HI/c1-3-21-19(23-14-20(8-4-9-20)10-12-24-2)22-11-7-16-5-6-17-18(13-16)26-15-25-17;/h5-6,13H,3-4,7-12,14-15H2,1-2H3,(H2,21,22,23);1H. The Labute approximate surface area is 179 Å². The van der Waals surface area contributed by atoms with Gasteiger partial charge in [-0.15, -0.1) is 24.0 Å². The maximum absolute atomic E-state index is 5.44. The molecule has 7 heteroatoms. The highest BCUT2D eigenvalue weighted by Gasteiger charge is 2.36. The van der Waals surface area contributed by atoms with Crippen molar-refractivity contribution in [1.82, 2.24) is 10.6 Å². The van der Waals surface area contributed by atoms with Crippen LogP contribution in [0.4, 0.5) is 0 Å². The molecule has 1 aromatic rings. The SMILES string of the molecule is CCNC(=NCC1(CCOC)CCC1)NCCc1ccc2c(c1)OCO2.I. The summed E-state index contributed by atoms with van der Waals surface area (Å²) in [4.78, 5) is 4.84. The predicted molar refractivity (Wildman–Crippen MR) is 118 cm³/mol. The molecule has 6 nitrogen and oxygen atoms in total. The number of hydrogen-bond acceptors (Lipinski definition) is 4. The number of nitrogens with zero attached hydrogens (tertiary/aromatic N) is 1. The lowest BCUT2D eigenvalue weighted by molar-refractivity contribution is 0.0778. The van der Waals surface area contributed by atoms with Gasteiger partial charge in [0.25, 0.3) is 0 Å². The van der Waals surface area contributed by atoms with E-state index in [4.69, 9.17) is 19.2 Å². The lowest BCUT2D eigenvalue weighted by Gasteiger charge is -2.40. The molecular formula is C20H32IN3O3. The number of ether oxygens (including phenoxy) is 3. The third-order valence-electron chi connectivity index (χ3n) is 5.31. The van der Waals surface area contributed by atoms with E-state index < -0.39 is 0 Å². The normalized spacial score (nSPS) is 17.0. The zero-order valence-corrected chi connectivity index (χ0v) is 18.7. The molecule has 1 fully saturated rings. The van der Waals surface area contributed by atoms with Crippen LogP contribution < -0.4 is 20.1 Å². The largest absolute Gasteiger partial charge is 0.454 e. The van der Waals surface area contributed by atoms with Crippen molar-refractivity contribution in [2.24, 2.45) is 10.4 Å². The number of fused-ring (bicyclic) bond motifs is 1. The number of aliphatic imine (C=N–C) groups is 1. The Morgan fingerprint density at radius 3 is 2.74 bits per heavy atom. The van der Waals surface area contributed by atoms with E-state index in [0.717, 1.165) is 56.5 Å². The Kier molecular flexibility index (Phi) is 8.95. The van der Waals surface area contributed by atoms with Crippen LogP contribution in [-0.4, -0.2) is 46.1 Å². The van der Waals surface area contributed by atoms with Crippen LogP contribution in [0.15, 0.2) is 23.2 Å². The van der Waals surface area contributed by atoms with E-state index in [1.807, 2.05) is 6.07 Å². The highest BCUT2D eigenvalue weighted by atomic mass is 127. The van der Waals surface area contributed by atoms with Crippen molar-refractivity contribution in [2.75, 3.05) is 40.1 Å². The molecule has 0 bridgehead atoms. The van der Waals surface area contributed by atoms with Gasteiger partial charge >= 0.3 is 0 Å². The number of rotatable bonds is 9. The molecule has 0 amide bonds. The molecule has 27 heavy (non-hydrogen) atoms. The first-order valence-electron chi connectivity index (χ1n) is 9.64. The minimum atomic E-state index is 0. The summed E-state index contributed by atoms with van der Waals surface area (Å²) in [5.74, 6) is 2.57. The minimum Gasteiger partial charge on any atom is -0.454 e. The Hall–Kier alpha value is -1.22. The van der Waals surface area contributed by atoms with Gasteiger partial charge in [-0.05, 0) is 55.7 Å². The van der Waals surface area contributed by atoms with E-state index in [1.54, 1.807) is 7.11 Å². The van der Waals surface area contributed by atoms with Gasteiger partial charge in [0.05, 0.1) is 0 Å². The first-order valence-corrected chi connectivity index (χ1v) is 9.64. The van der Waals surface area contributed by atoms with Crippen LogP contribution in [0.5, 0.6) is 11.5 Å². The van der Waals surface area contributed by atoms with Gasteiger partial charge < -0.3 is 24.8 Å². The Bertz CT molecular complexity index is 620. The van der Waals surface area contributed by atoms with Gasteiger partial charge in [-0.2, -0.15) is 0 Å². The molecule has 0 spiro atoms. The fraction of sp³-hybridized carbons (Fsp3) is 0.650. The Balaban J connectivity index is 0.00000261. The second kappa shape index (κ2) is 10.9. The van der Waals surface area contributed by atoms with Crippen LogP contribution in [0.25, 0.3) is 0 Å². The molecule has 3 rings (SSSR count). The molecule has 1 aliphatic carbocycles. The molecule has 0 radical (unpaired) electrons. The van der Waals surface area contributed by atoms with E-state index in [2.05, 4.69) is 29.7 Å². The van der Waals surface area contributed by atoms with Gasteiger partial charge in [0, 0.05) is 33.4 Å². The van der Waals surface area contributed by atoms with Crippen molar-refractivity contribution in [1.29, 1.82) is 0 Å². The van der Waals surface area contributed by atoms with E-state index in [-0.39, 0.29) is 24.0 Å². The fourth-order valence-corrected chi connectivity index (χ4v) is 3.49. The van der Waals surface area contributed by atoms with Crippen LogP contribution in [0.3, 0.4) is 0 Å². The molecule has 0 unspecified atom stereocenters. The van der Waals surface area contributed by atoms with E-state index in [1.165, 1.54) is 24.8 Å². The van der Waals surface area contributed by atoms with Crippen molar-refractivity contribution >= 4 is 29.9 Å². The van der Waals surface area contributed by atoms with Crippen LogP contribution in [-0.2, 0) is 11.2 Å². The number of halogens is 1. The van der Waals surface area contributed by atoms with E-state index >= 15 is 0 Å². The average molecular weight is 489 g/mol. The van der Waals surface area contributed by atoms with Crippen LogP contribution in [0.1, 0.15) is 38.2 Å². The van der Waals surface area contributed by atoms with Crippen molar-refractivity contribution < 1.29 is 14.2 Å². The summed E-state index contributed by atoms with van der Waals surface area (Å²) in [7, 11) is 1.78. The van der Waals surface area contributed by atoms with Crippen molar-refractivity contribution in [3.63, 3.8) is 0 Å². The average Bonchev–Trinajstić information content (AvgIpc) is 3.08. The summed E-state index contributed by atoms with van der Waals surface area (Å²) in [6.45, 7) is 5.80. The van der Waals surface area contributed by atoms with Crippen molar-refractivity contribution in [3.05, 3.63) is 23.8 Å². The molecule has 1 heterocycles. The molecular weight excluding hydrogens is 457 g/mol. The molecule has 1 aliphatic heterocycles. The Morgan fingerprint density at radius 2 is 2.04 bits per heavy atom. The maximum atomic E-state index is 5.44. The van der Waals surface area contributed by atoms with Gasteiger partial charge in [-0.25, -0.2) is 0 Å². The van der Waals surface area contributed by atoms with Gasteiger partial charge in [-0.1, -0.05) is 12.5 Å². The number of benzene rings is 1. The van der Waals surface area contributed by atoms with Gasteiger partial charge in [-0.3, -0.25) is 4.99 Å². The first-order chi connectivity index (χ1) is 12.7. The van der Waals surface area contributed by atoms with Crippen LogP contribution in [0.2, 0.25) is 0 Å². The summed E-state index contributed by atoms with van der Waals surface area (Å²) in [5, 5.41) is 6.80. The lowest BCUT2D eigenvalue weighted by Crippen LogP contribution is -2.41. The molecule has 2 aliphatic rings. The maximum Gasteiger partial charge on any atom is 0.231 e. The monoisotopic (exact) mass is 489 g/mol. The van der Waals surface area contributed by atoms with E-state index in [9.17, 15) is 0 Å². The van der Waals surface area contributed by atoms with Crippen molar-refractivity contribution in [3.8, 4) is 11.5 Å². The summed E-state index contributed by atoms with van der Waals surface area (Å²) in [6.07, 6.45) is 5.85. The number of guanidine groups is 1. The molecule has 1 aromatic carbocycles. The second-order valence-corrected chi connectivity index (χ2v) is 7.16. The first kappa shape index (κ1) is 22.1. The van der Waals surface area contributed by atoms with Gasteiger partial charge in [0.1, 0.15) is 0 Å². The summed E-state index contributed by atoms with van der Waals surface area (Å²) >= 11 is 0. The third-order valence-corrected chi connectivity index (χ3v) is 5.31. The zero-order chi connectivity index (χ0) is 18.2. The fourth-order valence-electron chi connectivity index (χ4n) is 3.49. The third kappa shape index (κ3) is 6.14. The zero-order valence-electron chi connectivity index (χ0n) is 16.4. The number of nitrogens with one attached hydrogen (secondary N) is 2. The number of methoxy groups -OCH3 is 1. The topological polar surface area (TPSA) is 64.1 Å². The Morgan fingerprint density at radius 1 is 1.22 bits per heavy atom. The van der Waals surface area contributed by atoms with Crippen LogP contribution in [0, 0.1) is 5.41 Å². The van der Waals surface area contributed by atoms with Gasteiger partial charge in [0.15, 0.2) is 17.5 Å². The van der Waals surface area contributed by atoms with Crippen molar-refractivity contribution in [2.45, 2.75) is 39.0 Å². The lowest BCUT2D eigenvalue weighted by atomic mass is 9.67. The molecule has 0 saturated heterocycles. The summed E-state index contributed by atoms with van der Waals surface area (Å²) < 4.78 is 16.1. The second-order valence-electron chi connectivity index (χ2n) is 7.16. The molecule has 0 aromatic heterocycles. The summed E-state index contributed by atoms with van der Waals surface area (Å²) in [5.41, 5.74) is 1.57. The molecule has 0 atom stereocenters. The quantitative estimate of drug-likeness (QED) is 0.317. The predicted octanol–water partition coefficient (Wildman–Crippen LogP) is 3.34. The van der Waals surface area contributed by atoms with Gasteiger partial charge in [0.2, 0.25) is 6.79 Å². The molecule has 1 saturated carbocycles. The van der Waals surface area contributed by atoms with Crippen LogP contribution >= 0.6 is 24.0 Å². The molecule has 152 valence electrons. The highest BCUT2D eigenvalue weighted by molar-refractivity contribution is 14.0. The highest BCUT2D eigenvalue weighted by Crippen LogP contribution is 2.44. The summed E-state index contributed by atoms with van der Waals surface area (Å²) in [6, 6.07) is 6.13.